The third kappa shape index (κ3) is 2.62. The lowest BCUT2D eigenvalue weighted by atomic mass is 10.2. The highest BCUT2D eigenvalue weighted by Gasteiger charge is 1.97. The molecular weight excluding hydrogens is 287 g/mol. The molecule has 62 valence electrons. The lowest BCUT2D eigenvalue weighted by Gasteiger charge is -1.93. The molecule has 0 aliphatic heterocycles. The maximum atomic E-state index is 13.0. The van der Waals surface area contributed by atoms with Gasteiger partial charge in [-0.2, -0.15) is 0 Å². The van der Waals surface area contributed by atoms with Crippen molar-refractivity contribution >= 4 is 31.9 Å². The minimum Gasteiger partial charge on any atom is -0.206 e. The smallest absolute Gasteiger partial charge is 0.139 e. The van der Waals surface area contributed by atoms with Crippen molar-refractivity contribution < 1.29 is 4.39 Å². The van der Waals surface area contributed by atoms with Crippen LogP contribution in [0.25, 0.3) is 0 Å². The van der Waals surface area contributed by atoms with E-state index in [4.69, 9.17) is 0 Å². The Morgan fingerprint density at radius 1 is 1.42 bits per heavy atom. The SMILES string of the molecule is Fc1cc(Br)ccc1C#CCBr. The van der Waals surface area contributed by atoms with Crippen molar-refractivity contribution in [2.75, 3.05) is 5.33 Å². The van der Waals surface area contributed by atoms with Gasteiger partial charge in [0.25, 0.3) is 0 Å². The quantitative estimate of drug-likeness (QED) is 0.508. The van der Waals surface area contributed by atoms with Crippen molar-refractivity contribution in [3.05, 3.63) is 34.1 Å². The highest BCUT2D eigenvalue weighted by atomic mass is 79.9. The zero-order valence-corrected chi connectivity index (χ0v) is 9.25. The molecule has 0 saturated carbocycles. The van der Waals surface area contributed by atoms with Crippen molar-refractivity contribution in [2.45, 2.75) is 0 Å². The van der Waals surface area contributed by atoms with E-state index in [1.54, 1.807) is 12.1 Å². The number of halogens is 3. The first-order valence-corrected chi connectivity index (χ1v) is 5.15. The molecule has 12 heavy (non-hydrogen) atoms. The van der Waals surface area contributed by atoms with Gasteiger partial charge in [-0.25, -0.2) is 4.39 Å². The molecule has 0 aromatic heterocycles. The highest BCUT2D eigenvalue weighted by Crippen LogP contribution is 2.14. The van der Waals surface area contributed by atoms with Crippen LogP contribution >= 0.6 is 31.9 Å². The molecule has 0 spiro atoms. The second kappa shape index (κ2) is 4.64. The monoisotopic (exact) mass is 290 g/mol. The fourth-order valence-corrected chi connectivity index (χ4v) is 1.19. The summed E-state index contributed by atoms with van der Waals surface area (Å²) in [6, 6.07) is 4.81. The number of hydrogen-bond acceptors (Lipinski definition) is 0. The summed E-state index contributed by atoms with van der Waals surface area (Å²) in [5, 5.41) is 0.558. The molecule has 0 N–H and O–H groups in total. The second-order valence-corrected chi connectivity index (χ2v) is 3.54. The molecule has 0 atom stereocenters. The minimum absolute atomic E-state index is 0.294. The van der Waals surface area contributed by atoms with Crippen LogP contribution in [0.15, 0.2) is 22.7 Å². The summed E-state index contributed by atoms with van der Waals surface area (Å²) in [6.07, 6.45) is 0. The Kier molecular flexibility index (Phi) is 3.77. The van der Waals surface area contributed by atoms with Crippen LogP contribution in [-0.4, -0.2) is 5.33 Å². The number of alkyl halides is 1. The molecule has 1 rings (SSSR count). The summed E-state index contributed by atoms with van der Waals surface area (Å²) in [7, 11) is 0. The summed E-state index contributed by atoms with van der Waals surface area (Å²) in [4.78, 5) is 0. The van der Waals surface area contributed by atoms with Gasteiger partial charge in [0, 0.05) is 4.47 Å². The van der Waals surface area contributed by atoms with E-state index in [1.165, 1.54) is 6.07 Å². The fraction of sp³-hybridized carbons (Fsp3) is 0.111. The van der Waals surface area contributed by atoms with E-state index in [0.717, 1.165) is 4.47 Å². The van der Waals surface area contributed by atoms with Gasteiger partial charge in [0.15, 0.2) is 0 Å². The minimum atomic E-state index is -0.294. The number of hydrogen-bond donors (Lipinski definition) is 0. The van der Waals surface area contributed by atoms with Crippen molar-refractivity contribution in [3.8, 4) is 11.8 Å². The van der Waals surface area contributed by atoms with Gasteiger partial charge in [-0.05, 0) is 18.2 Å². The molecule has 1 aromatic carbocycles. The lowest BCUT2D eigenvalue weighted by molar-refractivity contribution is 0.623. The Labute approximate surface area is 87.4 Å². The standard InChI is InChI=1S/C9H5Br2F/c10-5-1-2-7-3-4-8(11)6-9(7)12/h3-4,6H,5H2. The Morgan fingerprint density at radius 3 is 2.75 bits per heavy atom. The van der Waals surface area contributed by atoms with Crippen molar-refractivity contribution in [1.82, 2.24) is 0 Å². The van der Waals surface area contributed by atoms with E-state index in [-0.39, 0.29) is 5.82 Å². The normalized spacial score (nSPS) is 8.92. The molecule has 0 bridgehead atoms. The molecule has 0 nitrogen and oxygen atoms in total. The predicted octanol–water partition coefficient (Wildman–Crippen LogP) is 3.33. The van der Waals surface area contributed by atoms with E-state index in [2.05, 4.69) is 43.7 Å². The van der Waals surface area contributed by atoms with Crippen LogP contribution in [0.2, 0.25) is 0 Å². The maximum Gasteiger partial charge on any atom is 0.139 e. The van der Waals surface area contributed by atoms with Crippen LogP contribution in [0, 0.1) is 17.7 Å². The van der Waals surface area contributed by atoms with Crippen LogP contribution < -0.4 is 0 Å². The van der Waals surface area contributed by atoms with E-state index >= 15 is 0 Å². The topological polar surface area (TPSA) is 0 Å². The van der Waals surface area contributed by atoms with Crippen LogP contribution in [-0.2, 0) is 0 Å². The first kappa shape index (κ1) is 9.76. The fourth-order valence-electron chi connectivity index (χ4n) is 0.719. The Hall–Kier alpha value is -0.330. The third-order valence-corrected chi connectivity index (χ3v) is 1.99. The van der Waals surface area contributed by atoms with E-state index in [1.807, 2.05) is 0 Å². The third-order valence-electron chi connectivity index (χ3n) is 1.22. The van der Waals surface area contributed by atoms with Gasteiger partial charge < -0.3 is 0 Å². The molecule has 1 aromatic rings. The van der Waals surface area contributed by atoms with Crippen LogP contribution in [0.5, 0.6) is 0 Å². The van der Waals surface area contributed by atoms with Gasteiger partial charge in [-0.15, -0.1) is 0 Å². The lowest BCUT2D eigenvalue weighted by Crippen LogP contribution is -1.82. The summed E-state index contributed by atoms with van der Waals surface area (Å²) >= 11 is 6.31. The second-order valence-electron chi connectivity index (χ2n) is 2.06. The van der Waals surface area contributed by atoms with E-state index in [0.29, 0.717) is 10.9 Å². The zero-order valence-electron chi connectivity index (χ0n) is 6.07. The van der Waals surface area contributed by atoms with Crippen LogP contribution in [0.4, 0.5) is 4.39 Å². The van der Waals surface area contributed by atoms with Gasteiger partial charge in [0.05, 0.1) is 10.9 Å². The Morgan fingerprint density at radius 2 is 2.17 bits per heavy atom. The molecule has 0 amide bonds. The van der Waals surface area contributed by atoms with E-state index in [9.17, 15) is 4.39 Å². The maximum absolute atomic E-state index is 13.0. The summed E-state index contributed by atoms with van der Waals surface area (Å²) < 4.78 is 13.8. The molecule has 0 radical (unpaired) electrons. The van der Waals surface area contributed by atoms with Crippen molar-refractivity contribution in [1.29, 1.82) is 0 Å². The molecule has 0 heterocycles. The van der Waals surface area contributed by atoms with Gasteiger partial charge in [0.1, 0.15) is 5.82 Å². The Bertz CT molecular complexity index is 336. The average molecular weight is 292 g/mol. The molecule has 0 aliphatic rings. The summed E-state index contributed by atoms with van der Waals surface area (Å²) in [5.41, 5.74) is 0.428. The molecule has 0 unspecified atom stereocenters. The molecule has 0 fully saturated rings. The first-order chi connectivity index (χ1) is 5.74. The molecule has 0 aliphatic carbocycles. The van der Waals surface area contributed by atoms with Crippen molar-refractivity contribution in [3.63, 3.8) is 0 Å². The first-order valence-electron chi connectivity index (χ1n) is 3.24. The molecule has 0 saturated heterocycles. The van der Waals surface area contributed by atoms with Gasteiger partial charge in [-0.3, -0.25) is 0 Å². The van der Waals surface area contributed by atoms with E-state index < -0.39 is 0 Å². The van der Waals surface area contributed by atoms with Gasteiger partial charge in [-0.1, -0.05) is 43.7 Å². The van der Waals surface area contributed by atoms with Gasteiger partial charge >= 0.3 is 0 Å². The number of rotatable bonds is 0. The van der Waals surface area contributed by atoms with Crippen LogP contribution in [0.3, 0.4) is 0 Å². The Balaban J connectivity index is 3.01. The van der Waals surface area contributed by atoms with Crippen LogP contribution in [0.1, 0.15) is 5.56 Å². The zero-order chi connectivity index (χ0) is 8.97. The molecular formula is C9H5Br2F. The van der Waals surface area contributed by atoms with Crippen molar-refractivity contribution in [2.24, 2.45) is 0 Å². The molecule has 3 heteroatoms. The summed E-state index contributed by atoms with van der Waals surface area (Å²) in [6.45, 7) is 0. The summed E-state index contributed by atoms with van der Waals surface area (Å²) in [5.74, 6) is 5.14. The predicted molar refractivity (Wildman–Crippen MR) is 54.8 cm³/mol. The number of benzene rings is 1. The highest BCUT2D eigenvalue weighted by molar-refractivity contribution is 9.10. The average Bonchev–Trinajstić information content (AvgIpc) is 2.03. The largest absolute Gasteiger partial charge is 0.206 e. The van der Waals surface area contributed by atoms with Gasteiger partial charge in [0.2, 0.25) is 0 Å².